The van der Waals surface area contributed by atoms with Crippen molar-refractivity contribution in [2.45, 2.75) is 44.4 Å². The van der Waals surface area contributed by atoms with Crippen molar-refractivity contribution in [1.29, 1.82) is 0 Å². The minimum absolute atomic E-state index is 0.0818. The third-order valence-electron chi connectivity index (χ3n) is 4.28. The van der Waals surface area contributed by atoms with Crippen molar-refractivity contribution in [3.8, 4) is 0 Å². The molecule has 0 aromatic heterocycles. The highest BCUT2D eigenvalue weighted by atomic mass is 16.5. The molecule has 1 amide bonds. The van der Waals surface area contributed by atoms with Gasteiger partial charge in [-0.2, -0.15) is 0 Å². The largest absolute Gasteiger partial charge is 0.445 e. The van der Waals surface area contributed by atoms with Crippen molar-refractivity contribution >= 4 is 6.09 Å². The van der Waals surface area contributed by atoms with Gasteiger partial charge in [-0.3, -0.25) is 0 Å². The molecule has 1 aromatic rings. The molecule has 5 heteroatoms. The van der Waals surface area contributed by atoms with E-state index in [-0.39, 0.29) is 31.3 Å². The van der Waals surface area contributed by atoms with E-state index in [0.717, 1.165) is 31.2 Å². The van der Waals surface area contributed by atoms with Crippen LogP contribution in [0.3, 0.4) is 0 Å². The second-order valence-corrected chi connectivity index (χ2v) is 5.78. The number of methoxy groups -OCH3 is 1. The number of ether oxygens (including phenoxy) is 2. The summed E-state index contributed by atoms with van der Waals surface area (Å²) in [5, 5.41) is 12.3. The minimum Gasteiger partial charge on any atom is -0.445 e. The van der Waals surface area contributed by atoms with Crippen LogP contribution in [-0.4, -0.2) is 37.1 Å². The van der Waals surface area contributed by atoms with Gasteiger partial charge in [-0.25, -0.2) is 4.79 Å². The lowest BCUT2D eigenvalue weighted by atomic mass is 9.82. The summed E-state index contributed by atoms with van der Waals surface area (Å²) in [4.78, 5) is 11.9. The van der Waals surface area contributed by atoms with Gasteiger partial charge in [-0.05, 0) is 30.7 Å². The Morgan fingerprint density at radius 1 is 1.36 bits per heavy atom. The number of alkyl carbamates (subject to hydrolysis) is 1. The van der Waals surface area contributed by atoms with E-state index in [0.29, 0.717) is 0 Å². The molecular formula is C17H25NO4. The molecule has 3 atom stereocenters. The maximum Gasteiger partial charge on any atom is 0.407 e. The van der Waals surface area contributed by atoms with Crippen LogP contribution in [0.5, 0.6) is 0 Å². The molecule has 5 nitrogen and oxygen atoms in total. The van der Waals surface area contributed by atoms with Crippen LogP contribution in [0, 0.1) is 5.92 Å². The summed E-state index contributed by atoms with van der Waals surface area (Å²) in [5.74, 6) is 0.230. The lowest BCUT2D eigenvalue weighted by Gasteiger charge is -2.33. The molecule has 22 heavy (non-hydrogen) atoms. The normalized spacial score (nSPS) is 22.8. The zero-order valence-corrected chi connectivity index (χ0v) is 13.0. The lowest BCUT2D eigenvalue weighted by Crippen LogP contribution is -2.45. The molecule has 1 aromatic carbocycles. The van der Waals surface area contributed by atoms with Crippen LogP contribution >= 0.6 is 0 Å². The van der Waals surface area contributed by atoms with Gasteiger partial charge in [-0.15, -0.1) is 0 Å². The molecule has 1 aliphatic rings. The van der Waals surface area contributed by atoms with E-state index < -0.39 is 6.09 Å². The van der Waals surface area contributed by atoms with Crippen LogP contribution in [0.2, 0.25) is 0 Å². The molecule has 2 N–H and O–H groups in total. The number of amides is 1. The molecule has 0 saturated heterocycles. The SMILES string of the molecule is COC1CCCC(C(CO)NC(=O)OCc2ccccc2)C1. The third kappa shape index (κ3) is 5.00. The third-order valence-corrected chi connectivity index (χ3v) is 4.28. The first kappa shape index (κ1) is 16.8. The molecule has 2 rings (SSSR count). The fraction of sp³-hybridized carbons (Fsp3) is 0.588. The maximum atomic E-state index is 11.9. The summed E-state index contributed by atoms with van der Waals surface area (Å²) in [6.45, 7) is 0.151. The van der Waals surface area contributed by atoms with Gasteiger partial charge >= 0.3 is 6.09 Å². The summed E-state index contributed by atoms with van der Waals surface area (Å²) in [6, 6.07) is 9.25. The first-order chi connectivity index (χ1) is 10.7. The van der Waals surface area contributed by atoms with Gasteiger partial charge in [0.25, 0.3) is 0 Å². The van der Waals surface area contributed by atoms with Crippen molar-refractivity contribution in [1.82, 2.24) is 5.32 Å². The Bertz CT molecular complexity index is 451. The van der Waals surface area contributed by atoms with Crippen molar-refractivity contribution in [3.63, 3.8) is 0 Å². The highest BCUT2D eigenvalue weighted by Gasteiger charge is 2.29. The number of benzene rings is 1. The van der Waals surface area contributed by atoms with Gasteiger partial charge in [-0.1, -0.05) is 36.8 Å². The van der Waals surface area contributed by atoms with Gasteiger partial charge in [0.1, 0.15) is 6.61 Å². The standard InChI is InChI=1S/C17H25NO4/c1-21-15-9-5-8-14(10-15)16(11-19)18-17(20)22-12-13-6-3-2-4-7-13/h2-4,6-7,14-16,19H,5,8-12H2,1H3,(H,18,20). The van der Waals surface area contributed by atoms with Gasteiger partial charge in [0.05, 0.1) is 18.8 Å². The molecule has 1 fully saturated rings. The fourth-order valence-corrected chi connectivity index (χ4v) is 2.99. The predicted octanol–water partition coefficient (Wildman–Crippen LogP) is 2.48. The van der Waals surface area contributed by atoms with Crippen molar-refractivity contribution < 1.29 is 19.4 Å². The van der Waals surface area contributed by atoms with Gasteiger partial charge < -0.3 is 19.9 Å². The Kier molecular flexibility index (Phi) is 6.68. The Hall–Kier alpha value is -1.59. The van der Waals surface area contributed by atoms with Crippen LogP contribution in [0.4, 0.5) is 4.79 Å². The van der Waals surface area contributed by atoms with E-state index >= 15 is 0 Å². The van der Waals surface area contributed by atoms with Gasteiger partial charge in [0.2, 0.25) is 0 Å². The highest BCUT2D eigenvalue weighted by Crippen LogP contribution is 2.28. The number of carbonyl (C=O) groups excluding carboxylic acids is 1. The molecule has 0 heterocycles. The number of aliphatic hydroxyl groups excluding tert-OH is 1. The lowest BCUT2D eigenvalue weighted by molar-refractivity contribution is 0.0338. The molecule has 0 radical (unpaired) electrons. The second kappa shape index (κ2) is 8.76. The fourth-order valence-electron chi connectivity index (χ4n) is 2.99. The van der Waals surface area contributed by atoms with Crippen LogP contribution in [-0.2, 0) is 16.1 Å². The second-order valence-electron chi connectivity index (χ2n) is 5.78. The van der Waals surface area contributed by atoms with Crippen molar-refractivity contribution in [3.05, 3.63) is 35.9 Å². The number of aliphatic hydroxyl groups is 1. The van der Waals surface area contributed by atoms with E-state index in [1.165, 1.54) is 0 Å². The maximum absolute atomic E-state index is 11.9. The zero-order valence-electron chi connectivity index (χ0n) is 13.0. The van der Waals surface area contributed by atoms with Crippen LogP contribution in [0.15, 0.2) is 30.3 Å². The molecule has 0 bridgehead atoms. The zero-order chi connectivity index (χ0) is 15.8. The Labute approximate surface area is 131 Å². The van der Waals surface area contributed by atoms with Crippen LogP contribution < -0.4 is 5.32 Å². The number of hydrogen-bond donors (Lipinski definition) is 2. The molecule has 122 valence electrons. The quantitative estimate of drug-likeness (QED) is 0.847. The van der Waals surface area contributed by atoms with Crippen LogP contribution in [0.25, 0.3) is 0 Å². The molecule has 0 spiro atoms. The van der Waals surface area contributed by atoms with Gasteiger partial charge in [0, 0.05) is 7.11 Å². The molecule has 1 saturated carbocycles. The van der Waals surface area contributed by atoms with E-state index in [4.69, 9.17) is 9.47 Å². The van der Waals surface area contributed by atoms with E-state index in [1.54, 1.807) is 7.11 Å². The molecule has 3 unspecified atom stereocenters. The summed E-state index contributed by atoms with van der Waals surface area (Å²) in [6.07, 6.45) is 3.69. The Balaban J connectivity index is 1.80. The highest BCUT2D eigenvalue weighted by molar-refractivity contribution is 5.67. The molecule has 0 aliphatic heterocycles. The van der Waals surface area contributed by atoms with Crippen LogP contribution in [0.1, 0.15) is 31.2 Å². The first-order valence-electron chi connectivity index (χ1n) is 7.83. The van der Waals surface area contributed by atoms with E-state index in [9.17, 15) is 9.90 Å². The number of rotatable bonds is 6. The summed E-state index contributed by atoms with van der Waals surface area (Å²) >= 11 is 0. The smallest absolute Gasteiger partial charge is 0.407 e. The number of nitrogens with one attached hydrogen (secondary N) is 1. The average Bonchev–Trinajstić information content (AvgIpc) is 2.58. The monoisotopic (exact) mass is 307 g/mol. The number of carbonyl (C=O) groups is 1. The summed E-state index contributed by atoms with van der Waals surface area (Å²) in [7, 11) is 1.71. The first-order valence-corrected chi connectivity index (χ1v) is 7.83. The average molecular weight is 307 g/mol. The molecule has 1 aliphatic carbocycles. The minimum atomic E-state index is -0.484. The summed E-state index contributed by atoms with van der Waals surface area (Å²) < 4.78 is 10.6. The Morgan fingerprint density at radius 2 is 2.14 bits per heavy atom. The van der Waals surface area contributed by atoms with E-state index in [2.05, 4.69) is 5.32 Å². The van der Waals surface area contributed by atoms with Crippen molar-refractivity contribution in [2.75, 3.05) is 13.7 Å². The molecular weight excluding hydrogens is 282 g/mol. The topological polar surface area (TPSA) is 67.8 Å². The predicted molar refractivity (Wildman–Crippen MR) is 83.4 cm³/mol. The van der Waals surface area contributed by atoms with Crippen molar-refractivity contribution in [2.24, 2.45) is 5.92 Å². The number of hydrogen-bond acceptors (Lipinski definition) is 4. The Morgan fingerprint density at radius 3 is 2.82 bits per heavy atom. The summed E-state index contributed by atoms with van der Waals surface area (Å²) in [5.41, 5.74) is 0.940. The van der Waals surface area contributed by atoms with E-state index in [1.807, 2.05) is 30.3 Å². The van der Waals surface area contributed by atoms with Gasteiger partial charge in [0.15, 0.2) is 0 Å².